The minimum atomic E-state index is -4.15. The Morgan fingerprint density at radius 1 is 1.00 bits per heavy atom. The summed E-state index contributed by atoms with van der Waals surface area (Å²) in [6.07, 6.45) is 3.95. The summed E-state index contributed by atoms with van der Waals surface area (Å²) in [5.41, 5.74) is 2.77. The maximum Gasteiger partial charge on any atom is 0.264 e. The van der Waals surface area contributed by atoms with Crippen LogP contribution in [0.25, 0.3) is 0 Å². The average molecular weight is 661 g/mol. The second kappa shape index (κ2) is 13.4. The van der Waals surface area contributed by atoms with Crippen LogP contribution < -0.4 is 9.62 Å². The van der Waals surface area contributed by atoms with E-state index in [4.69, 9.17) is 11.6 Å². The standard InChI is InChI=1S/C31H35BrClN3O4S/c1-21-8-16-28(17-9-21)41(39,40)36(27-15-10-22(2)29(33)18-27)20-30(37)35(19-24-11-13-25(32)14-12-24)23(3)31(38)34-26-6-4-5-7-26/h8-18,23,26H,4-7,19-20H2,1-3H3,(H,34,38)/t23-/m1/s1. The summed E-state index contributed by atoms with van der Waals surface area (Å²) in [6, 6.07) is 18.1. The van der Waals surface area contributed by atoms with E-state index in [0.29, 0.717) is 5.02 Å². The molecule has 1 atom stereocenters. The van der Waals surface area contributed by atoms with Crippen molar-refractivity contribution < 1.29 is 18.0 Å². The number of hydrogen-bond donors (Lipinski definition) is 1. The molecule has 1 N–H and O–H groups in total. The molecule has 1 saturated carbocycles. The molecule has 0 aliphatic heterocycles. The molecular formula is C31H35BrClN3O4S. The topological polar surface area (TPSA) is 86.8 Å². The largest absolute Gasteiger partial charge is 0.352 e. The maximum absolute atomic E-state index is 14.1. The van der Waals surface area contributed by atoms with Gasteiger partial charge in [-0.3, -0.25) is 13.9 Å². The van der Waals surface area contributed by atoms with Crippen LogP contribution in [0, 0.1) is 13.8 Å². The first-order valence-electron chi connectivity index (χ1n) is 13.7. The van der Waals surface area contributed by atoms with Gasteiger partial charge in [0.1, 0.15) is 12.6 Å². The van der Waals surface area contributed by atoms with Gasteiger partial charge in [0, 0.05) is 22.1 Å². The highest BCUT2D eigenvalue weighted by Crippen LogP contribution is 2.29. The van der Waals surface area contributed by atoms with Gasteiger partial charge in [-0.15, -0.1) is 0 Å². The number of benzene rings is 3. The average Bonchev–Trinajstić information content (AvgIpc) is 3.45. The lowest BCUT2D eigenvalue weighted by Crippen LogP contribution is -2.52. The van der Waals surface area contributed by atoms with E-state index in [1.54, 1.807) is 37.3 Å². The van der Waals surface area contributed by atoms with Gasteiger partial charge in [-0.1, -0.05) is 76.3 Å². The van der Waals surface area contributed by atoms with Crippen LogP contribution in [0.4, 0.5) is 5.69 Å². The molecule has 0 spiro atoms. The molecule has 218 valence electrons. The van der Waals surface area contributed by atoms with Crippen LogP contribution in [0.2, 0.25) is 5.02 Å². The predicted octanol–water partition coefficient (Wildman–Crippen LogP) is 6.39. The van der Waals surface area contributed by atoms with Gasteiger partial charge in [-0.2, -0.15) is 0 Å². The number of nitrogens with zero attached hydrogens (tertiary/aromatic N) is 2. The SMILES string of the molecule is Cc1ccc(S(=O)(=O)N(CC(=O)N(Cc2ccc(Br)cc2)[C@H](C)C(=O)NC2CCCC2)c2ccc(C)c(Cl)c2)cc1. The van der Waals surface area contributed by atoms with Crippen LogP contribution in [0.5, 0.6) is 0 Å². The van der Waals surface area contributed by atoms with E-state index >= 15 is 0 Å². The number of aryl methyl sites for hydroxylation is 2. The summed E-state index contributed by atoms with van der Waals surface area (Å²) in [5, 5.41) is 3.46. The molecule has 0 aromatic heterocycles. The van der Waals surface area contributed by atoms with Crippen molar-refractivity contribution in [2.45, 2.75) is 70.0 Å². The minimum absolute atomic E-state index is 0.0547. The molecule has 0 radical (unpaired) electrons. The van der Waals surface area contributed by atoms with Crippen LogP contribution in [0.3, 0.4) is 0 Å². The Balaban J connectivity index is 1.70. The Kier molecular flexibility index (Phi) is 10.2. The second-order valence-corrected chi connectivity index (χ2v) is 13.8. The third-order valence-corrected chi connectivity index (χ3v) is 10.2. The molecule has 1 aliphatic carbocycles. The molecular weight excluding hydrogens is 626 g/mol. The number of anilines is 1. The van der Waals surface area contributed by atoms with E-state index in [9.17, 15) is 18.0 Å². The zero-order valence-corrected chi connectivity index (χ0v) is 26.6. The summed E-state index contributed by atoms with van der Waals surface area (Å²) >= 11 is 9.82. The molecule has 10 heteroatoms. The Morgan fingerprint density at radius 3 is 2.24 bits per heavy atom. The van der Waals surface area contributed by atoms with Crippen molar-refractivity contribution in [3.05, 3.63) is 92.9 Å². The van der Waals surface area contributed by atoms with Crippen molar-refractivity contribution in [2.24, 2.45) is 0 Å². The molecule has 4 rings (SSSR count). The number of sulfonamides is 1. The summed E-state index contributed by atoms with van der Waals surface area (Å²) in [5.74, 6) is -0.761. The first kappa shape index (κ1) is 31.1. The fourth-order valence-electron chi connectivity index (χ4n) is 4.86. The van der Waals surface area contributed by atoms with E-state index in [0.717, 1.165) is 51.2 Å². The number of nitrogens with one attached hydrogen (secondary N) is 1. The van der Waals surface area contributed by atoms with Crippen molar-refractivity contribution in [1.82, 2.24) is 10.2 Å². The number of rotatable bonds is 10. The quantitative estimate of drug-likeness (QED) is 0.273. The minimum Gasteiger partial charge on any atom is -0.352 e. The Morgan fingerprint density at radius 2 is 1.63 bits per heavy atom. The van der Waals surface area contributed by atoms with Crippen LogP contribution in [0.1, 0.15) is 49.3 Å². The lowest BCUT2D eigenvalue weighted by molar-refractivity contribution is -0.139. The van der Waals surface area contributed by atoms with Gasteiger partial charge in [-0.25, -0.2) is 8.42 Å². The maximum atomic E-state index is 14.1. The van der Waals surface area contributed by atoms with E-state index in [1.165, 1.54) is 17.0 Å². The number of carbonyl (C=O) groups excluding carboxylic acids is 2. The highest BCUT2D eigenvalue weighted by Gasteiger charge is 2.33. The van der Waals surface area contributed by atoms with E-state index < -0.39 is 28.5 Å². The zero-order chi connectivity index (χ0) is 29.7. The predicted molar refractivity (Wildman–Crippen MR) is 166 cm³/mol. The van der Waals surface area contributed by atoms with Gasteiger partial charge in [0.15, 0.2) is 0 Å². The highest BCUT2D eigenvalue weighted by molar-refractivity contribution is 9.10. The van der Waals surface area contributed by atoms with Gasteiger partial charge in [0.05, 0.1) is 10.6 Å². The summed E-state index contributed by atoms with van der Waals surface area (Å²) in [7, 11) is -4.15. The lowest BCUT2D eigenvalue weighted by atomic mass is 10.1. The molecule has 1 aliphatic rings. The normalized spacial score (nSPS) is 14.5. The fraction of sp³-hybridized carbons (Fsp3) is 0.355. The van der Waals surface area contributed by atoms with E-state index in [-0.39, 0.29) is 29.1 Å². The number of hydrogen-bond acceptors (Lipinski definition) is 4. The van der Waals surface area contributed by atoms with Crippen molar-refractivity contribution in [2.75, 3.05) is 10.8 Å². The molecule has 0 saturated heterocycles. The Hall–Kier alpha value is -2.88. The third-order valence-electron chi connectivity index (χ3n) is 7.47. The van der Waals surface area contributed by atoms with Gasteiger partial charge >= 0.3 is 0 Å². The number of carbonyl (C=O) groups is 2. The Labute approximate surface area is 256 Å². The van der Waals surface area contributed by atoms with E-state index in [1.807, 2.05) is 38.1 Å². The molecule has 3 aromatic carbocycles. The molecule has 0 heterocycles. The number of amides is 2. The van der Waals surface area contributed by atoms with Crippen molar-refractivity contribution in [1.29, 1.82) is 0 Å². The van der Waals surface area contributed by atoms with Crippen molar-refractivity contribution in [3.63, 3.8) is 0 Å². The highest BCUT2D eigenvalue weighted by atomic mass is 79.9. The van der Waals surface area contributed by atoms with Crippen LogP contribution in [0.15, 0.2) is 76.1 Å². The molecule has 7 nitrogen and oxygen atoms in total. The molecule has 2 amide bonds. The molecule has 1 fully saturated rings. The first-order chi connectivity index (χ1) is 19.5. The summed E-state index contributed by atoms with van der Waals surface area (Å²) in [4.78, 5) is 28.9. The van der Waals surface area contributed by atoms with Crippen LogP contribution in [-0.2, 0) is 26.2 Å². The van der Waals surface area contributed by atoms with Gasteiger partial charge in [0.25, 0.3) is 10.0 Å². The summed E-state index contributed by atoms with van der Waals surface area (Å²) in [6.45, 7) is 5.00. The monoisotopic (exact) mass is 659 g/mol. The van der Waals surface area contributed by atoms with Crippen molar-refractivity contribution >= 4 is 55.1 Å². The number of halogens is 2. The smallest absolute Gasteiger partial charge is 0.264 e. The molecule has 0 bridgehead atoms. The van der Waals surface area contributed by atoms with Crippen molar-refractivity contribution in [3.8, 4) is 0 Å². The van der Waals surface area contributed by atoms with Gasteiger partial charge < -0.3 is 10.2 Å². The first-order valence-corrected chi connectivity index (χ1v) is 16.3. The second-order valence-electron chi connectivity index (χ2n) is 10.6. The molecule has 41 heavy (non-hydrogen) atoms. The van der Waals surface area contributed by atoms with Crippen LogP contribution in [-0.4, -0.2) is 43.8 Å². The molecule has 0 unspecified atom stereocenters. The summed E-state index contributed by atoms with van der Waals surface area (Å²) < 4.78 is 29.9. The molecule has 3 aromatic rings. The third kappa shape index (κ3) is 7.70. The van der Waals surface area contributed by atoms with E-state index in [2.05, 4.69) is 21.2 Å². The Bertz CT molecular complexity index is 1490. The lowest BCUT2D eigenvalue weighted by Gasteiger charge is -2.32. The van der Waals surface area contributed by atoms with Crippen LogP contribution >= 0.6 is 27.5 Å². The zero-order valence-electron chi connectivity index (χ0n) is 23.4. The van der Waals surface area contributed by atoms with Gasteiger partial charge in [-0.05, 0) is 81.1 Å². The van der Waals surface area contributed by atoms with Gasteiger partial charge in [0.2, 0.25) is 11.8 Å². The fourth-order valence-corrected chi connectivity index (χ4v) is 6.71.